The van der Waals surface area contributed by atoms with Crippen molar-refractivity contribution in [3.63, 3.8) is 0 Å². The number of carbonyl (C=O) groups is 3. The summed E-state index contributed by atoms with van der Waals surface area (Å²) in [6.45, 7) is 0.735. The molecule has 100 valence electrons. The fourth-order valence-corrected chi connectivity index (χ4v) is 1.95. The van der Waals surface area contributed by atoms with Crippen molar-refractivity contribution in [2.75, 3.05) is 26.7 Å². The van der Waals surface area contributed by atoms with E-state index in [2.05, 4.69) is 0 Å². The molecule has 0 atom stereocenters. The fourth-order valence-electron chi connectivity index (χ4n) is 1.82. The highest BCUT2D eigenvalue weighted by Gasteiger charge is 2.31. The summed E-state index contributed by atoms with van der Waals surface area (Å²) in [7, 11) is 1.57. The van der Waals surface area contributed by atoms with Gasteiger partial charge in [-0.1, -0.05) is 11.6 Å². The Morgan fingerprint density at radius 3 is 2.42 bits per heavy atom. The van der Waals surface area contributed by atoms with Crippen molar-refractivity contribution in [1.82, 2.24) is 9.80 Å². The van der Waals surface area contributed by atoms with Gasteiger partial charge in [-0.05, 0) is 24.3 Å². The number of hydrogen-bond acceptors (Lipinski definition) is 3. The number of amides is 2. The minimum absolute atomic E-state index is 0.0833. The number of halogens is 1. The van der Waals surface area contributed by atoms with Crippen LogP contribution in [-0.2, 0) is 9.59 Å². The smallest absolute Gasteiger partial charge is 0.312 e. The average molecular weight is 281 g/mol. The Kier molecular flexibility index (Phi) is 3.85. The summed E-state index contributed by atoms with van der Waals surface area (Å²) in [5.41, 5.74) is 0.476. The lowest BCUT2D eigenvalue weighted by atomic mass is 10.1. The molecule has 5 nitrogen and oxygen atoms in total. The lowest BCUT2D eigenvalue weighted by Crippen LogP contribution is -2.53. The number of piperazine rings is 1. The SMILES string of the molecule is CN1CCN(CC(=O)c2ccc(Cl)cc2)C(=O)C1=O. The number of Topliss-reactive ketones (excluding diaryl/α,β-unsaturated/α-hetero) is 1. The molecule has 6 heteroatoms. The zero-order valence-corrected chi connectivity index (χ0v) is 11.2. The normalized spacial score (nSPS) is 15.9. The van der Waals surface area contributed by atoms with Crippen molar-refractivity contribution in [2.24, 2.45) is 0 Å². The fraction of sp³-hybridized carbons (Fsp3) is 0.308. The van der Waals surface area contributed by atoms with Crippen molar-refractivity contribution in [3.8, 4) is 0 Å². The zero-order chi connectivity index (χ0) is 14.0. The topological polar surface area (TPSA) is 57.7 Å². The minimum atomic E-state index is -0.629. The van der Waals surface area contributed by atoms with Gasteiger partial charge in [0.1, 0.15) is 0 Å². The van der Waals surface area contributed by atoms with Gasteiger partial charge in [-0.15, -0.1) is 0 Å². The lowest BCUT2D eigenvalue weighted by Gasteiger charge is -2.30. The summed E-state index contributed by atoms with van der Waals surface area (Å²) < 4.78 is 0. The van der Waals surface area contributed by atoms with Gasteiger partial charge in [0.25, 0.3) is 0 Å². The minimum Gasteiger partial charge on any atom is -0.336 e. The van der Waals surface area contributed by atoms with Crippen LogP contribution in [0.3, 0.4) is 0 Å². The van der Waals surface area contributed by atoms with Crippen LogP contribution in [-0.4, -0.2) is 54.1 Å². The van der Waals surface area contributed by atoms with Crippen molar-refractivity contribution >= 4 is 29.2 Å². The van der Waals surface area contributed by atoms with Gasteiger partial charge in [0, 0.05) is 30.7 Å². The Morgan fingerprint density at radius 2 is 1.79 bits per heavy atom. The van der Waals surface area contributed by atoms with Crippen molar-refractivity contribution in [1.29, 1.82) is 0 Å². The highest BCUT2D eigenvalue weighted by Crippen LogP contribution is 2.11. The van der Waals surface area contributed by atoms with Gasteiger partial charge < -0.3 is 9.80 Å². The standard InChI is InChI=1S/C13H13ClN2O3/c1-15-6-7-16(13(19)12(15)18)8-11(17)9-2-4-10(14)5-3-9/h2-5H,6-8H2,1H3. The predicted octanol–water partition coefficient (Wildman–Crippen LogP) is 0.823. The number of hydrogen-bond donors (Lipinski definition) is 0. The zero-order valence-electron chi connectivity index (χ0n) is 10.4. The van der Waals surface area contributed by atoms with E-state index in [-0.39, 0.29) is 12.3 Å². The summed E-state index contributed by atoms with van der Waals surface area (Å²) in [5.74, 6) is -1.41. The van der Waals surface area contributed by atoms with Crippen LogP contribution in [0.4, 0.5) is 0 Å². The van der Waals surface area contributed by atoms with E-state index in [4.69, 9.17) is 11.6 Å². The molecule has 1 aliphatic rings. The van der Waals surface area contributed by atoms with Crippen molar-refractivity contribution in [2.45, 2.75) is 0 Å². The first kappa shape index (κ1) is 13.5. The van der Waals surface area contributed by atoms with E-state index in [0.717, 1.165) is 0 Å². The molecular weight excluding hydrogens is 268 g/mol. The molecule has 0 unspecified atom stereocenters. The molecule has 0 aromatic heterocycles. The number of ketones is 1. The Bertz CT molecular complexity index is 527. The molecule has 1 heterocycles. The molecule has 0 aliphatic carbocycles. The van der Waals surface area contributed by atoms with E-state index >= 15 is 0 Å². The van der Waals surface area contributed by atoms with Gasteiger partial charge in [0.15, 0.2) is 5.78 Å². The van der Waals surface area contributed by atoms with E-state index in [1.807, 2.05) is 0 Å². The second kappa shape index (κ2) is 5.40. The first-order chi connectivity index (χ1) is 8.99. The van der Waals surface area contributed by atoms with E-state index in [9.17, 15) is 14.4 Å². The van der Waals surface area contributed by atoms with Crippen LogP contribution in [0.1, 0.15) is 10.4 Å². The summed E-state index contributed by atoms with van der Waals surface area (Å²) in [4.78, 5) is 37.8. The molecule has 0 N–H and O–H groups in total. The van der Waals surface area contributed by atoms with E-state index in [1.54, 1.807) is 31.3 Å². The Hall–Kier alpha value is -1.88. The van der Waals surface area contributed by atoms with E-state index in [0.29, 0.717) is 23.7 Å². The first-order valence-corrected chi connectivity index (χ1v) is 6.20. The van der Waals surface area contributed by atoms with Crippen LogP contribution in [0, 0.1) is 0 Å². The molecule has 19 heavy (non-hydrogen) atoms. The van der Waals surface area contributed by atoms with Crippen LogP contribution < -0.4 is 0 Å². The molecule has 0 radical (unpaired) electrons. The van der Waals surface area contributed by atoms with Crippen molar-refractivity contribution < 1.29 is 14.4 Å². The van der Waals surface area contributed by atoms with E-state index in [1.165, 1.54) is 9.80 Å². The van der Waals surface area contributed by atoms with Crippen LogP contribution in [0.2, 0.25) is 5.02 Å². The quantitative estimate of drug-likeness (QED) is 0.608. The maximum atomic E-state index is 12.0. The van der Waals surface area contributed by atoms with Gasteiger partial charge in [-0.3, -0.25) is 14.4 Å². The molecule has 1 aliphatic heterocycles. The lowest BCUT2D eigenvalue weighted by molar-refractivity contribution is -0.154. The Labute approximate surface area is 115 Å². The van der Waals surface area contributed by atoms with Gasteiger partial charge in [0.05, 0.1) is 6.54 Å². The van der Waals surface area contributed by atoms with E-state index < -0.39 is 11.8 Å². The molecule has 1 fully saturated rings. The molecule has 1 saturated heterocycles. The first-order valence-electron chi connectivity index (χ1n) is 5.82. The summed E-state index contributed by atoms with van der Waals surface area (Å²) >= 11 is 5.74. The van der Waals surface area contributed by atoms with Crippen LogP contribution in [0.5, 0.6) is 0 Å². The van der Waals surface area contributed by atoms with Gasteiger partial charge in [0.2, 0.25) is 0 Å². The highest BCUT2D eigenvalue weighted by atomic mass is 35.5. The number of rotatable bonds is 3. The second-order valence-corrected chi connectivity index (χ2v) is 4.82. The molecule has 2 rings (SSSR count). The molecule has 1 aromatic rings. The molecule has 0 spiro atoms. The summed E-state index contributed by atoms with van der Waals surface area (Å²) in [5, 5.41) is 0.544. The third kappa shape index (κ3) is 2.93. The number of likely N-dealkylation sites (N-methyl/N-ethyl adjacent to an activating group) is 1. The van der Waals surface area contributed by atoms with Gasteiger partial charge in [-0.25, -0.2) is 0 Å². The monoisotopic (exact) mass is 280 g/mol. The average Bonchev–Trinajstić information content (AvgIpc) is 2.40. The van der Waals surface area contributed by atoms with Crippen LogP contribution in [0.25, 0.3) is 0 Å². The number of nitrogens with zero attached hydrogens (tertiary/aromatic N) is 2. The molecule has 0 bridgehead atoms. The molecule has 2 amide bonds. The molecular formula is C13H13ClN2O3. The molecule has 1 aromatic carbocycles. The summed E-state index contributed by atoms with van der Waals surface area (Å²) in [6.07, 6.45) is 0. The maximum absolute atomic E-state index is 12.0. The maximum Gasteiger partial charge on any atom is 0.312 e. The summed E-state index contributed by atoms with van der Waals surface area (Å²) in [6, 6.07) is 6.44. The predicted molar refractivity (Wildman–Crippen MR) is 70.0 cm³/mol. The largest absolute Gasteiger partial charge is 0.336 e. The van der Waals surface area contributed by atoms with Crippen LogP contribution in [0.15, 0.2) is 24.3 Å². The Balaban J connectivity index is 2.05. The second-order valence-electron chi connectivity index (χ2n) is 4.38. The number of benzene rings is 1. The molecule has 0 saturated carbocycles. The number of carbonyl (C=O) groups excluding carboxylic acids is 3. The Morgan fingerprint density at radius 1 is 1.16 bits per heavy atom. The van der Waals surface area contributed by atoms with Crippen LogP contribution >= 0.6 is 11.6 Å². The third-order valence-electron chi connectivity index (χ3n) is 3.02. The van der Waals surface area contributed by atoms with Gasteiger partial charge in [-0.2, -0.15) is 0 Å². The third-order valence-corrected chi connectivity index (χ3v) is 3.27. The van der Waals surface area contributed by atoms with Crippen molar-refractivity contribution in [3.05, 3.63) is 34.9 Å². The van der Waals surface area contributed by atoms with Gasteiger partial charge >= 0.3 is 11.8 Å². The highest BCUT2D eigenvalue weighted by molar-refractivity contribution is 6.35.